The zero-order valence-electron chi connectivity index (χ0n) is 16.1. The predicted octanol–water partition coefficient (Wildman–Crippen LogP) is 3.90. The highest BCUT2D eigenvalue weighted by molar-refractivity contribution is 5.95. The molecule has 1 aliphatic rings. The number of aryl methyl sites for hydroxylation is 1. The van der Waals surface area contributed by atoms with E-state index in [9.17, 15) is 4.79 Å². The summed E-state index contributed by atoms with van der Waals surface area (Å²) < 4.78 is 0. The van der Waals surface area contributed by atoms with Gasteiger partial charge >= 0.3 is 0 Å². The number of rotatable bonds is 7. The highest BCUT2D eigenvalue weighted by Crippen LogP contribution is 2.16. The van der Waals surface area contributed by atoms with Crippen LogP contribution in [0.1, 0.15) is 41.6 Å². The van der Waals surface area contributed by atoms with E-state index in [1.54, 1.807) is 6.07 Å². The molecular weight excluding hydrogens is 372 g/mol. The number of aliphatic imine (C=N–C) groups is 1. The summed E-state index contributed by atoms with van der Waals surface area (Å²) in [5, 5.41) is 2.99. The van der Waals surface area contributed by atoms with Gasteiger partial charge in [0.15, 0.2) is 5.96 Å². The molecule has 0 bridgehead atoms. The molecule has 1 aliphatic heterocycles. The fraction of sp³-hybridized carbons (Fsp3) is 0.364. The lowest BCUT2D eigenvalue weighted by molar-refractivity contribution is 0.0953. The number of nitrogens with zero attached hydrogens (tertiary/aromatic N) is 2. The van der Waals surface area contributed by atoms with Crippen molar-refractivity contribution in [3.63, 3.8) is 0 Å². The van der Waals surface area contributed by atoms with Crippen LogP contribution in [0.2, 0.25) is 0 Å². The Balaban J connectivity index is 0.00000280. The number of nitrogens with one attached hydrogen (secondary N) is 1. The van der Waals surface area contributed by atoms with Gasteiger partial charge in [0, 0.05) is 25.2 Å². The van der Waals surface area contributed by atoms with Gasteiger partial charge in [-0.3, -0.25) is 4.79 Å². The smallest absolute Gasteiger partial charge is 0.251 e. The van der Waals surface area contributed by atoms with Crippen LogP contribution in [0.15, 0.2) is 59.6 Å². The van der Waals surface area contributed by atoms with Gasteiger partial charge in [0.1, 0.15) is 0 Å². The largest absolute Gasteiger partial charge is 0.369 e. The van der Waals surface area contributed by atoms with E-state index < -0.39 is 0 Å². The third-order valence-electron chi connectivity index (χ3n) is 4.80. The summed E-state index contributed by atoms with van der Waals surface area (Å²) in [5.41, 5.74) is 8.75. The predicted molar refractivity (Wildman–Crippen MR) is 117 cm³/mol. The molecule has 3 rings (SSSR count). The molecule has 0 aromatic heterocycles. The van der Waals surface area contributed by atoms with Gasteiger partial charge in [-0.15, -0.1) is 12.4 Å². The number of hydrogen-bond donors (Lipinski definition) is 2. The summed E-state index contributed by atoms with van der Waals surface area (Å²) in [6.45, 7) is 2.59. The first kappa shape index (κ1) is 21.8. The van der Waals surface area contributed by atoms with Crippen molar-refractivity contribution in [3.8, 4) is 0 Å². The molecule has 0 spiro atoms. The Hall–Kier alpha value is -2.53. The van der Waals surface area contributed by atoms with E-state index in [0.717, 1.165) is 50.9 Å². The summed E-state index contributed by atoms with van der Waals surface area (Å²) in [6, 6.07) is 17.7. The molecule has 0 atom stereocenters. The van der Waals surface area contributed by atoms with Crippen LogP contribution in [0.5, 0.6) is 0 Å². The fourth-order valence-corrected chi connectivity index (χ4v) is 3.27. The maximum absolute atomic E-state index is 12.4. The molecule has 2 aromatic carbocycles. The molecule has 1 amide bonds. The first-order valence-electron chi connectivity index (χ1n) is 9.74. The molecule has 6 heteroatoms. The van der Waals surface area contributed by atoms with E-state index in [2.05, 4.69) is 39.5 Å². The normalized spacial score (nSPS) is 13.9. The Labute approximate surface area is 173 Å². The SMILES string of the molecule is Cl.NC(=Nc1cccc(C(=O)NCCCCc2ccccc2)c1)N1CCCC1. The van der Waals surface area contributed by atoms with Crippen LogP contribution in [0.4, 0.5) is 5.69 Å². The topological polar surface area (TPSA) is 70.7 Å². The average molecular weight is 401 g/mol. The van der Waals surface area contributed by atoms with E-state index in [1.807, 2.05) is 24.3 Å². The van der Waals surface area contributed by atoms with Crippen LogP contribution in [-0.2, 0) is 6.42 Å². The van der Waals surface area contributed by atoms with Gasteiger partial charge in [-0.2, -0.15) is 0 Å². The molecule has 0 radical (unpaired) electrons. The Kier molecular flexibility index (Phi) is 8.82. The van der Waals surface area contributed by atoms with Gasteiger partial charge in [-0.05, 0) is 55.9 Å². The van der Waals surface area contributed by atoms with Crippen LogP contribution >= 0.6 is 12.4 Å². The van der Waals surface area contributed by atoms with Gasteiger partial charge in [-0.1, -0.05) is 36.4 Å². The summed E-state index contributed by atoms with van der Waals surface area (Å²) >= 11 is 0. The molecular formula is C22H29ClN4O. The first-order valence-corrected chi connectivity index (χ1v) is 9.74. The minimum Gasteiger partial charge on any atom is -0.369 e. The second-order valence-electron chi connectivity index (χ2n) is 6.91. The first-order chi connectivity index (χ1) is 13.2. The summed E-state index contributed by atoms with van der Waals surface area (Å²) in [4.78, 5) is 18.9. The third-order valence-corrected chi connectivity index (χ3v) is 4.80. The number of likely N-dealkylation sites (tertiary alicyclic amines) is 1. The lowest BCUT2D eigenvalue weighted by Crippen LogP contribution is -2.34. The van der Waals surface area contributed by atoms with Crippen molar-refractivity contribution >= 4 is 30.0 Å². The molecule has 0 saturated carbocycles. The number of halogens is 1. The van der Waals surface area contributed by atoms with Crippen LogP contribution in [-0.4, -0.2) is 36.4 Å². The van der Waals surface area contributed by atoms with Crippen LogP contribution in [0.25, 0.3) is 0 Å². The molecule has 1 fully saturated rings. The Morgan fingerprint density at radius 1 is 1.04 bits per heavy atom. The van der Waals surface area contributed by atoms with Crippen molar-refractivity contribution in [1.82, 2.24) is 10.2 Å². The van der Waals surface area contributed by atoms with Crippen molar-refractivity contribution in [2.45, 2.75) is 32.1 Å². The molecule has 1 saturated heterocycles. The summed E-state index contributed by atoms with van der Waals surface area (Å²) in [6.07, 6.45) is 5.37. The number of benzene rings is 2. The number of hydrogen-bond acceptors (Lipinski definition) is 2. The Morgan fingerprint density at radius 3 is 2.54 bits per heavy atom. The highest BCUT2D eigenvalue weighted by atomic mass is 35.5. The number of carbonyl (C=O) groups excluding carboxylic acids is 1. The van der Waals surface area contributed by atoms with Crippen LogP contribution in [0.3, 0.4) is 0 Å². The molecule has 28 heavy (non-hydrogen) atoms. The van der Waals surface area contributed by atoms with Gasteiger partial charge < -0.3 is 16.0 Å². The molecule has 1 heterocycles. The fourth-order valence-electron chi connectivity index (χ4n) is 3.27. The molecule has 2 aromatic rings. The van der Waals surface area contributed by atoms with E-state index in [-0.39, 0.29) is 18.3 Å². The van der Waals surface area contributed by atoms with Gasteiger partial charge in [0.05, 0.1) is 5.69 Å². The zero-order valence-corrected chi connectivity index (χ0v) is 17.0. The maximum atomic E-state index is 12.4. The number of nitrogens with two attached hydrogens (primary N) is 1. The van der Waals surface area contributed by atoms with Crippen LogP contribution in [0, 0.1) is 0 Å². The second-order valence-corrected chi connectivity index (χ2v) is 6.91. The number of guanidine groups is 1. The summed E-state index contributed by atoms with van der Waals surface area (Å²) in [7, 11) is 0. The maximum Gasteiger partial charge on any atom is 0.251 e. The minimum absolute atomic E-state index is 0. The lowest BCUT2D eigenvalue weighted by Gasteiger charge is -2.15. The molecule has 0 aliphatic carbocycles. The Morgan fingerprint density at radius 2 is 1.79 bits per heavy atom. The lowest BCUT2D eigenvalue weighted by atomic mass is 10.1. The summed E-state index contributed by atoms with van der Waals surface area (Å²) in [5.74, 6) is 0.470. The third kappa shape index (κ3) is 6.57. The Bertz CT molecular complexity index is 773. The van der Waals surface area contributed by atoms with Crippen LogP contribution < -0.4 is 11.1 Å². The standard InChI is InChI=1S/C22H28N4O.ClH/c23-22(26-15-6-7-16-26)25-20-13-8-12-19(17-20)21(27)24-14-5-4-11-18-9-2-1-3-10-18;/h1-3,8-10,12-13,17H,4-7,11,14-16H2,(H2,23,25)(H,24,27);1H. The van der Waals surface area contributed by atoms with E-state index >= 15 is 0 Å². The van der Waals surface area contributed by atoms with Crippen molar-refractivity contribution < 1.29 is 4.79 Å². The van der Waals surface area contributed by atoms with Crippen molar-refractivity contribution in [2.24, 2.45) is 10.7 Å². The average Bonchev–Trinajstić information content (AvgIpc) is 3.24. The zero-order chi connectivity index (χ0) is 18.9. The number of amides is 1. The van der Waals surface area contributed by atoms with Gasteiger partial charge in [0.25, 0.3) is 5.91 Å². The monoisotopic (exact) mass is 400 g/mol. The van der Waals surface area contributed by atoms with Crippen molar-refractivity contribution in [2.75, 3.05) is 19.6 Å². The van der Waals surface area contributed by atoms with E-state index in [0.29, 0.717) is 18.1 Å². The number of unbranched alkanes of at least 4 members (excludes halogenated alkanes) is 1. The number of carbonyl (C=O) groups is 1. The molecule has 5 nitrogen and oxygen atoms in total. The molecule has 0 unspecified atom stereocenters. The highest BCUT2D eigenvalue weighted by Gasteiger charge is 2.13. The van der Waals surface area contributed by atoms with Gasteiger partial charge in [-0.25, -0.2) is 4.99 Å². The quantitative estimate of drug-likeness (QED) is 0.420. The molecule has 3 N–H and O–H groups in total. The van der Waals surface area contributed by atoms with Crippen molar-refractivity contribution in [1.29, 1.82) is 0 Å². The van der Waals surface area contributed by atoms with Gasteiger partial charge in [0.2, 0.25) is 0 Å². The van der Waals surface area contributed by atoms with Crippen molar-refractivity contribution in [3.05, 3.63) is 65.7 Å². The second kappa shape index (κ2) is 11.3. The minimum atomic E-state index is -0.0634. The molecule has 150 valence electrons. The van der Waals surface area contributed by atoms with E-state index in [1.165, 1.54) is 5.56 Å². The van der Waals surface area contributed by atoms with E-state index in [4.69, 9.17) is 5.73 Å².